The lowest BCUT2D eigenvalue weighted by atomic mass is 10.2. The first-order valence-electron chi connectivity index (χ1n) is 7.33. The van der Waals surface area contributed by atoms with Crippen molar-refractivity contribution < 1.29 is 9.47 Å². The fourth-order valence-electron chi connectivity index (χ4n) is 2.19. The minimum atomic E-state index is 0.375. The molecule has 5 heteroatoms. The Morgan fingerprint density at radius 1 is 1.09 bits per heavy atom. The number of hydrogen-bond acceptors (Lipinski definition) is 5. The second-order valence-electron chi connectivity index (χ2n) is 4.84. The van der Waals surface area contributed by atoms with Crippen LogP contribution in [0.3, 0.4) is 0 Å². The fourth-order valence-corrected chi connectivity index (χ4v) is 2.19. The zero-order chi connectivity index (χ0) is 16.1. The standard InChI is InChI=1S/C18H17N3O2/c1-3-22-15-8-10-16(11-9-15)23-13(2)20-18-17-7-5-4-6-14(17)12-19-21-18/h4-12H,2-3H2,1H3,(H,20,21). The van der Waals surface area contributed by atoms with Gasteiger partial charge in [0.05, 0.1) is 12.8 Å². The van der Waals surface area contributed by atoms with E-state index in [1.54, 1.807) is 6.20 Å². The van der Waals surface area contributed by atoms with Gasteiger partial charge in [0.1, 0.15) is 11.5 Å². The highest BCUT2D eigenvalue weighted by Gasteiger charge is 2.05. The number of anilines is 1. The molecule has 2 aromatic carbocycles. The van der Waals surface area contributed by atoms with Crippen LogP contribution < -0.4 is 14.8 Å². The molecule has 0 aliphatic heterocycles. The summed E-state index contributed by atoms with van der Waals surface area (Å²) in [5.74, 6) is 2.45. The lowest BCUT2D eigenvalue weighted by Gasteiger charge is -2.12. The lowest BCUT2D eigenvalue weighted by Crippen LogP contribution is -2.07. The monoisotopic (exact) mass is 307 g/mol. The van der Waals surface area contributed by atoms with Crippen molar-refractivity contribution in [3.63, 3.8) is 0 Å². The van der Waals surface area contributed by atoms with E-state index in [4.69, 9.17) is 9.47 Å². The third-order valence-corrected chi connectivity index (χ3v) is 3.20. The van der Waals surface area contributed by atoms with E-state index in [1.807, 2.05) is 55.5 Å². The Morgan fingerprint density at radius 3 is 2.61 bits per heavy atom. The Kier molecular flexibility index (Phi) is 4.38. The van der Waals surface area contributed by atoms with Crippen molar-refractivity contribution in [2.24, 2.45) is 0 Å². The Bertz CT molecular complexity index is 811. The van der Waals surface area contributed by atoms with Gasteiger partial charge in [-0.05, 0) is 37.8 Å². The summed E-state index contributed by atoms with van der Waals surface area (Å²) < 4.78 is 11.1. The van der Waals surface area contributed by atoms with Crippen LogP contribution in [0.1, 0.15) is 6.92 Å². The molecule has 3 aromatic rings. The van der Waals surface area contributed by atoms with Crippen LogP contribution in [0.15, 0.2) is 67.2 Å². The molecule has 1 heterocycles. The van der Waals surface area contributed by atoms with Crippen LogP contribution in [0.2, 0.25) is 0 Å². The summed E-state index contributed by atoms with van der Waals surface area (Å²) >= 11 is 0. The molecule has 0 amide bonds. The Morgan fingerprint density at radius 2 is 1.83 bits per heavy atom. The van der Waals surface area contributed by atoms with Crippen LogP contribution in [0.25, 0.3) is 10.8 Å². The number of aromatic nitrogens is 2. The molecule has 0 spiro atoms. The molecule has 0 saturated carbocycles. The van der Waals surface area contributed by atoms with E-state index in [-0.39, 0.29) is 0 Å². The molecule has 5 nitrogen and oxygen atoms in total. The van der Waals surface area contributed by atoms with Gasteiger partial charge in [0.15, 0.2) is 11.7 Å². The summed E-state index contributed by atoms with van der Waals surface area (Å²) in [4.78, 5) is 0. The maximum atomic E-state index is 5.67. The third kappa shape index (κ3) is 3.58. The van der Waals surface area contributed by atoms with Crippen molar-refractivity contribution in [2.75, 3.05) is 11.9 Å². The maximum absolute atomic E-state index is 5.67. The van der Waals surface area contributed by atoms with Gasteiger partial charge in [-0.25, -0.2) is 0 Å². The van der Waals surface area contributed by atoms with Gasteiger partial charge < -0.3 is 14.8 Å². The van der Waals surface area contributed by atoms with Gasteiger partial charge in [-0.2, -0.15) is 5.10 Å². The topological polar surface area (TPSA) is 56.3 Å². The first kappa shape index (κ1) is 14.8. The van der Waals surface area contributed by atoms with Crippen molar-refractivity contribution in [3.8, 4) is 11.5 Å². The predicted octanol–water partition coefficient (Wildman–Crippen LogP) is 3.99. The van der Waals surface area contributed by atoms with E-state index in [9.17, 15) is 0 Å². The molecular weight excluding hydrogens is 290 g/mol. The van der Waals surface area contributed by atoms with Gasteiger partial charge >= 0.3 is 0 Å². The summed E-state index contributed by atoms with van der Waals surface area (Å²) in [6.07, 6.45) is 1.72. The molecule has 0 radical (unpaired) electrons. The Hall–Kier alpha value is -3.08. The largest absolute Gasteiger partial charge is 0.494 e. The highest BCUT2D eigenvalue weighted by atomic mass is 16.5. The van der Waals surface area contributed by atoms with Crippen molar-refractivity contribution in [1.82, 2.24) is 10.2 Å². The number of rotatable bonds is 6. The predicted molar refractivity (Wildman–Crippen MR) is 90.5 cm³/mol. The van der Waals surface area contributed by atoms with Crippen molar-refractivity contribution in [3.05, 3.63) is 67.2 Å². The fraction of sp³-hybridized carbons (Fsp3) is 0.111. The van der Waals surface area contributed by atoms with E-state index < -0.39 is 0 Å². The molecule has 3 rings (SSSR count). The molecule has 0 fully saturated rings. The minimum absolute atomic E-state index is 0.375. The zero-order valence-corrected chi connectivity index (χ0v) is 12.8. The normalized spacial score (nSPS) is 10.3. The second kappa shape index (κ2) is 6.79. The molecule has 0 unspecified atom stereocenters. The smallest absolute Gasteiger partial charge is 0.191 e. The molecule has 1 aromatic heterocycles. The molecular formula is C18H17N3O2. The van der Waals surface area contributed by atoms with Gasteiger partial charge in [0.2, 0.25) is 0 Å². The lowest BCUT2D eigenvalue weighted by molar-refractivity contribution is 0.339. The highest BCUT2D eigenvalue weighted by molar-refractivity contribution is 5.91. The van der Waals surface area contributed by atoms with Crippen LogP contribution in [0.4, 0.5) is 5.82 Å². The van der Waals surface area contributed by atoms with E-state index in [0.717, 1.165) is 16.5 Å². The van der Waals surface area contributed by atoms with Crippen LogP contribution in [0, 0.1) is 0 Å². The average molecular weight is 307 g/mol. The number of ether oxygens (including phenoxy) is 2. The summed E-state index contributed by atoms with van der Waals surface area (Å²) in [5.41, 5.74) is 0. The molecule has 0 bridgehead atoms. The Labute approximate surface area is 134 Å². The summed E-state index contributed by atoms with van der Waals surface area (Å²) in [5, 5.41) is 13.1. The molecule has 0 aliphatic carbocycles. The Balaban J connectivity index is 1.71. The minimum Gasteiger partial charge on any atom is -0.494 e. The molecule has 23 heavy (non-hydrogen) atoms. The maximum Gasteiger partial charge on any atom is 0.191 e. The number of nitrogens with zero attached hydrogens (tertiary/aromatic N) is 2. The molecule has 116 valence electrons. The summed E-state index contributed by atoms with van der Waals surface area (Å²) in [6, 6.07) is 15.2. The van der Waals surface area contributed by atoms with Gasteiger partial charge in [0.25, 0.3) is 0 Å². The molecule has 0 saturated heterocycles. The zero-order valence-electron chi connectivity index (χ0n) is 12.8. The number of nitrogens with one attached hydrogen (secondary N) is 1. The highest BCUT2D eigenvalue weighted by Crippen LogP contribution is 2.22. The van der Waals surface area contributed by atoms with Gasteiger partial charge in [-0.1, -0.05) is 24.3 Å². The van der Waals surface area contributed by atoms with Crippen LogP contribution >= 0.6 is 0 Å². The number of benzene rings is 2. The molecule has 0 atom stereocenters. The molecule has 0 aliphatic rings. The van der Waals surface area contributed by atoms with Gasteiger partial charge in [0, 0.05) is 10.8 Å². The summed E-state index contributed by atoms with van der Waals surface area (Å²) in [6.45, 7) is 6.46. The van der Waals surface area contributed by atoms with E-state index >= 15 is 0 Å². The SMILES string of the molecule is C=C(Nc1nncc2ccccc12)Oc1ccc(OCC)cc1. The van der Waals surface area contributed by atoms with Crippen LogP contribution in [-0.4, -0.2) is 16.8 Å². The van der Waals surface area contributed by atoms with E-state index in [1.165, 1.54) is 0 Å². The van der Waals surface area contributed by atoms with E-state index in [2.05, 4.69) is 22.1 Å². The second-order valence-corrected chi connectivity index (χ2v) is 4.84. The van der Waals surface area contributed by atoms with E-state index in [0.29, 0.717) is 24.1 Å². The summed E-state index contributed by atoms with van der Waals surface area (Å²) in [7, 11) is 0. The van der Waals surface area contributed by atoms with Crippen LogP contribution in [0.5, 0.6) is 11.5 Å². The first-order chi connectivity index (χ1) is 11.3. The number of hydrogen-bond donors (Lipinski definition) is 1. The first-order valence-corrected chi connectivity index (χ1v) is 7.33. The quantitative estimate of drug-likeness (QED) is 0.698. The van der Waals surface area contributed by atoms with Gasteiger partial charge in [-0.3, -0.25) is 0 Å². The average Bonchev–Trinajstić information content (AvgIpc) is 2.57. The van der Waals surface area contributed by atoms with Crippen LogP contribution in [-0.2, 0) is 0 Å². The number of fused-ring (bicyclic) bond motifs is 1. The molecule has 1 N–H and O–H groups in total. The van der Waals surface area contributed by atoms with Crippen molar-refractivity contribution in [2.45, 2.75) is 6.92 Å². The van der Waals surface area contributed by atoms with Gasteiger partial charge in [-0.15, -0.1) is 5.10 Å². The van der Waals surface area contributed by atoms with Crippen molar-refractivity contribution in [1.29, 1.82) is 0 Å². The van der Waals surface area contributed by atoms with Crippen molar-refractivity contribution >= 4 is 16.6 Å². The third-order valence-electron chi connectivity index (χ3n) is 3.20.